The third-order valence-corrected chi connectivity index (χ3v) is 2.91. The van der Waals surface area contributed by atoms with Crippen molar-refractivity contribution in [2.45, 2.75) is 19.3 Å². The normalized spacial score (nSPS) is 11.8. The molecule has 106 valence electrons. The van der Waals surface area contributed by atoms with Crippen LogP contribution in [0.15, 0.2) is 48.8 Å². The molecule has 2 nitrogen and oxygen atoms in total. The van der Waals surface area contributed by atoms with Crippen LogP contribution in [0.5, 0.6) is 0 Å². The first kappa shape index (κ1) is 14.5. The van der Waals surface area contributed by atoms with Gasteiger partial charge in [0.15, 0.2) is 0 Å². The molecule has 0 fully saturated rings. The van der Waals surface area contributed by atoms with Crippen molar-refractivity contribution in [3.05, 3.63) is 65.5 Å². The van der Waals surface area contributed by atoms with E-state index in [2.05, 4.69) is 4.98 Å². The van der Waals surface area contributed by atoms with E-state index in [4.69, 9.17) is 0 Å². The second kappa shape index (κ2) is 6.05. The Hall–Kier alpha value is -1.88. The van der Waals surface area contributed by atoms with Crippen molar-refractivity contribution < 1.29 is 13.2 Å². The summed E-state index contributed by atoms with van der Waals surface area (Å²) in [7, 11) is 1.92. The second-order valence-corrected chi connectivity index (χ2v) is 4.73. The summed E-state index contributed by atoms with van der Waals surface area (Å²) in [5.74, 6) is 0. The molecular weight excluding hydrogens is 265 g/mol. The molecule has 0 aliphatic heterocycles. The van der Waals surface area contributed by atoms with Crippen LogP contribution in [0.2, 0.25) is 0 Å². The smallest absolute Gasteiger partial charge is 0.298 e. The van der Waals surface area contributed by atoms with Crippen molar-refractivity contribution in [1.82, 2.24) is 9.88 Å². The summed E-state index contributed by atoms with van der Waals surface area (Å²) in [6, 6.07) is 9.10. The van der Waals surface area contributed by atoms with Crippen LogP contribution in [-0.4, -0.2) is 16.9 Å². The Morgan fingerprint density at radius 2 is 1.65 bits per heavy atom. The summed E-state index contributed by atoms with van der Waals surface area (Å²) in [4.78, 5) is 6.06. The Morgan fingerprint density at radius 3 is 2.20 bits per heavy atom. The van der Waals surface area contributed by atoms with Gasteiger partial charge in [0.2, 0.25) is 0 Å². The maximum absolute atomic E-state index is 12.5. The Labute approximate surface area is 115 Å². The highest BCUT2D eigenvalue weighted by molar-refractivity contribution is 5.24. The third kappa shape index (κ3) is 4.06. The molecule has 0 unspecified atom stereocenters. The average Bonchev–Trinajstić information content (AvgIpc) is 2.39. The molecule has 1 aromatic heterocycles. The molecule has 0 spiro atoms. The fourth-order valence-corrected chi connectivity index (χ4v) is 1.97. The van der Waals surface area contributed by atoms with E-state index in [0.717, 1.165) is 23.3 Å². The van der Waals surface area contributed by atoms with Gasteiger partial charge in [-0.2, -0.15) is 13.2 Å². The standard InChI is InChI=1S/C15H15F3N2/c1-20(11-13-3-2-8-19-9-13)10-12-4-6-14(7-5-12)15(16,17)18/h2-9H,10-11H2,1H3. The lowest BCUT2D eigenvalue weighted by Crippen LogP contribution is -2.17. The number of aromatic nitrogens is 1. The number of hydrogen-bond donors (Lipinski definition) is 0. The summed E-state index contributed by atoms with van der Waals surface area (Å²) in [6.07, 6.45) is -0.789. The first-order valence-electron chi connectivity index (χ1n) is 6.19. The van der Waals surface area contributed by atoms with Crippen molar-refractivity contribution in [3.8, 4) is 0 Å². The summed E-state index contributed by atoms with van der Waals surface area (Å²) in [5.41, 5.74) is 1.31. The minimum absolute atomic E-state index is 0.590. The van der Waals surface area contributed by atoms with E-state index in [1.165, 1.54) is 12.1 Å². The van der Waals surface area contributed by atoms with Gasteiger partial charge in [-0.25, -0.2) is 0 Å². The minimum Gasteiger partial charge on any atom is -0.298 e. The molecule has 2 rings (SSSR count). The second-order valence-electron chi connectivity index (χ2n) is 4.73. The molecule has 0 radical (unpaired) electrons. The Kier molecular flexibility index (Phi) is 4.39. The molecule has 0 aliphatic carbocycles. The van der Waals surface area contributed by atoms with E-state index in [0.29, 0.717) is 13.1 Å². The van der Waals surface area contributed by atoms with Gasteiger partial charge in [0.05, 0.1) is 5.56 Å². The molecule has 1 aromatic carbocycles. The molecule has 5 heteroatoms. The van der Waals surface area contributed by atoms with Crippen LogP contribution >= 0.6 is 0 Å². The Morgan fingerprint density at radius 1 is 1.00 bits per heavy atom. The summed E-state index contributed by atoms with van der Waals surface area (Å²) in [6.45, 7) is 1.29. The molecule has 0 bridgehead atoms. The fourth-order valence-electron chi connectivity index (χ4n) is 1.97. The zero-order chi connectivity index (χ0) is 14.6. The van der Waals surface area contributed by atoms with Crippen LogP contribution in [0.4, 0.5) is 13.2 Å². The number of pyridine rings is 1. The van der Waals surface area contributed by atoms with E-state index in [1.54, 1.807) is 12.4 Å². The highest BCUT2D eigenvalue weighted by Crippen LogP contribution is 2.29. The van der Waals surface area contributed by atoms with Gasteiger partial charge in [-0.1, -0.05) is 18.2 Å². The molecule has 2 aromatic rings. The van der Waals surface area contributed by atoms with E-state index in [-0.39, 0.29) is 0 Å². The molecule has 20 heavy (non-hydrogen) atoms. The van der Waals surface area contributed by atoms with Crippen LogP contribution in [0.25, 0.3) is 0 Å². The molecule has 1 heterocycles. The topological polar surface area (TPSA) is 16.1 Å². The molecule has 0 saturated carbocycles. The number of nitrogens with zero attached hydrogens (tertiary/aromatic N) is 2. The van der Waals surface area contributed by atoms with Crippen molar-refractivity contribution >= 4 is 0 Å². The summed E-state index contributed by atoms with van der Waals surface area (Å²) >= 11 is 0. The molecule has 0 saturated heterocycles. The van der Waals surface area contributed by atoms with Crippen LogP contribution in [0, 0.1) is 0 Å². The molecule has 0 aliphatic rings. The predicted octanol–water partition coefficient (Wildman–Crippen LogP) is 3.73. The Balaban J connectivity index is 1.96. The predicted molar refractivity (Wildman–Crippen MR) is 70.9 cm³/mol. The van der Waals surface area contributed by atoms with Gasteiger partial charge in [-0.05, 0) is 36.4 Å². The lowest BCUT2D eigenvalue weighted by molar-refractivity contribution is -0.137. The molecular formula is C15H15F3N2. The zero-order valence-electron chi connectivity index (χ0n) is 11.1. The van der Waals surface area contributed by atoms with Gasteiger partial charge in [-0.15, -0.1) is 0 Å². The van der Waals surface area contributed by atoms with Crippen LogP contribution < -0.4 is 0 Å². The van der Waals surface area contributed by atoms with Gasteiger partial charge in [0.1, 0.15) is 0 Å². The SMILES string of the molecule is CN(Cc1ccc(C(F)(F)F)cc1)Cc1cccnc1. The van der Waals surface area contributed by atoms with E-state index in [1.807, 2.05) is 24.1 Å². The van der Waals surface area contributed by atoms with Gasteiger partial charge in [0.25, 0.3) is 0 Å². The monoisotopic (exact) mass is 280 g/mol. The number of alkyl halides is 3. The number of rotatable bonds is 4. The van der Waals surface area contributed by atoms with Gasteiger partial charge < -0.3 is 0 Å². The number of halogens is 3. The fraction of sp³-hybridized carbons (Fsp3) is 0.267. The maximum Gasteiger partial charge on any atom is 0.416 e. The summed E-state index contributed by atoms with van der Waals surface area (Å²) < 4.78 is 37.4. The first-order valence-corrected chi connectivity index (χ1v) is 6.19. The van der Waals surface area contributed by atoms with Crippen LogP contribution in [-0.2, 0) is 19.3 Å². The van der Waals surface area contributed by atoms with Crippen molar-refractivity contribution in [2.75, 3.05) is 7.05 Å². The largest absolute Gasteiger partial charge is 0.416 e. The highest BCUT2D eigenvalue weighted by atomic mass is 19.4. The van der Waals surface area contributed by atoms with Gasteiger partial charge in [-0.3, -0.25) is 9.88 Å². The molecule has 0 N–H and O–H groups in total. The minimum atomic E-state index is -4.28. The summed E-state index contributed by atoms with van der Waals surface area (Å²) in [5, 5.41) is 0. The van der Waals surface area contributed by atoms with Gasteiger partial charge >= 0.3 is 6.18 Å². The van der Waals surface area contributed by atoms with E-state index < -0.39 is 11.7 Å². The lowest BCUT2D eigenvalue weighted by atomic mass is 10.1. The van der Waals surface area contributed by atoms with Crippen LogP contribution in [0.3, 0.4) is 0 Å². The lowest BCUT2D eigenvalue weighted by Gasteiger charge is -2.17. The Bertz CT molecular complexity index is 535. The average molecular weight is 280 g/mol. The van der Waals surface area contributed by atoms with Crippen molar-refractivity contribution in [2.24, 2.45) is 0 Å². The highest BCUT2D eigenvalue weighted by Gasteiger charge is 2.29. The quantitative estimate of drug-likeness (QED) is 0.848. The third-order valence-electron chi connectivity index (χ3n) is 2.91. The first-order chi connectivity index (χ1) is 9.45. The van der Waals surface area contributed by atoms with Crippen LogP contribution in [0.1, 0.15) is 16.7 Å². The van der Waals surface area contributed by atoms with Crippen molar-refractivity contribution in [1.29, 1.82) is 0 Å². The van der Waals surface area contributed by atoms with Crippen molar-refractivity contribution in [3.63, 3.8) is 0 Å². The number of benzene rings is 1. The van der Waals surface area contributed by atoms with Gasteiger partial charge in [0, 0.05) is 25.5 Å². The maximum atomic E-state index is 12.5. The zero-order valence-corrected chi connectivity index (χ0v) is 11.1. The number of hydrogen-bond acceptors (Lipinski definition) is 2. The molecule has 0 atom stereocenters. The van der Waals surface area contributed by atoms with E-state index >= 15 is 0 Å². The van der Waals surface area contributed by atoms with E-state index in [9.17, 15) is 13.2 Å². The molecule has 0 amide bonds.